The molecule has 1 fully saturated rings. The molecule has 1 aromatic heterocycles. The molecule has 14 heteroatoms. The van der Waals surface area contributed by atoms with Crippen LogP contribution in [0, 0.1) is 0 Å². The summed E-state index contributed by atoms with van der Waals surface area (Å²) in [6, 6.07) is 17.7. The topological polar surface area (TPSA) is 154 Å². The van der Waals surface area contributed by atoms with Gasteiger partial charge in [-0.2, -0.15) is 30.3 Å². The van der Waals surface area contributed by atoms with Crippen LogP contribution in [0.1, 0.15) is 39.0 Å². The predicted octanol–water partition coefficient (Wildman–Crippen LogP) is 2.05. The Hall–Kier alpha value is -3.84. The summed E-state index contributed by atoms with van der Waals surface area (Å²) in [6.45, 7) is 4.72. The van der Waals surface area contributed by atoms with E-state index >= 15 is 0 Å². The van der Waals surface area contributed by atoms with Crippen molar-refractivity contribution in [2.45, 2.75) is 71.6 Å². The molecule has 0 bridgehead atoms. The largest absolute Gasteiger partial charge is 2.00 e. The van der Waals surface area contributed by atoms with Crippen molar-refractivity contribution in [1.82, 2.24) is 15.0 Å². The van der Waals surface area contributed by atoms with Gasteiger partial charge in [-0.1, -0.05) is 5.21 Å². The minimum atomic E-state index is -1.30. The van der Waals surface area contributed by atoms with Gasteiger partial charge in [0, 0.05) is 34.2 Å². The number of carbonyl (C=O) groups is 4. The number of ether oxygens (including phenoxy) is 6. The van der Waals surface area contributed by atoms with Crippen LogP contribution >= 0.6 is 0 Å². The van der Waals surface area contributed by atoms with Crippen LogP contribution in [0.5, 0.6) is 0 Å². The van der Waals surface area contributed by atoms with Crippen LogP contribution in [0.15, 0.2) is 60.8 Å². The van der Waals surface area contributed by atoms with Gasteiger partial charge in [0.15, 0.2) is 24.6 Å². The number of hydrogen-bond acceptors (Lipinski definition) is 12. The molecule has 1 saturated heterocycles. The number of nitrogens with zero attached hydrogens (tertiary/aromatic N) is 3. The molecule has 5 atom stereocenters. The van der Waals surface area contributed by atoms with E-state index in [-0.39, 0.29) is 30.3 Å². The first-order chi connectivity index (χ1) is 19.6. The van der Waals surface area contributed by atoms with Crippen molar-refractivity contribution < 1.29 is 64.7 Å². The van der Waals surface area contributed by atoms with E-state index in [1.165, 1.54) is 6.92 Å². The quantitative estimate of drug-likeness (QED) is 0.140. The van der Waals surface area contributed by atoms with Crippen molar-refractivity contribution in [3.63, 3.8) is 0 Å². The average molecular weight is 627 g/mol. The van der Waals surface area contributed by atoms with Crippen molar-refractivity contribution in [1.29, 1.82) is 0 Å². The number of hydrogen-bond donors (Lipinski definition) is 0. The Kier molecular flexibility index (Phi) is 14.1. The molecule has 1 aliphatic heterocycles. The third kappa shape index (κ3) is 11.2. The summed E-state index contributed by atoms with van der Waals surface area (Å²) in [5, 5.41) is 8.13. The van der Waals surface area contributed by atoms with E-state index < -0.39 is 54.6 Å². The van der Waals surface area contributed by atoms with Gasteiger partial charge in [0.2, 0.25) is 0 Å². The van der Waals surface area contributed by atoms with Gasteiger partial charge in [0.1, 0.15) is 18.4 Å². The molecule has 0 radical (unpaired) electrons. The van der Waals surface area contributed by atoms with Crippen LogP contribution in [0.4, 0.5) is 0 Å². The van der Waals surface area contributed by atoms with Gasteiger partial charge in [-0.15, -0.1) is 10.7 Å². The third-order valence-corrected chi connectivity index (χ3v) is 5.56. The smallest absolute Gasteiger partial charge is 0.463 e. The molecule has 3 aromatic rings. The molecule has 42 heavy (non-hydrogen) atoms. The normalized spacial score (nSPS) is 21.1. The maximum atomic E-state index is 11.9. The fraction of sp³-hybridized carbons (Fsp3) is 0.429. The molecule has 2 aromatic carbocycles. The molecule has 0 aliphatic carbocycles. The fourth-order valence-corrected chi connectivity index (χ4v) is 4.00. The molecule has 0 unspecified atom stereocenters. The molecule has 0 spiro atoms. The van der Waals surface area contributed by atoms with Crippen LogP contribution in [0.2, 0.25) is 0 Å². The fourth-order valence-electron chi connectivity index (χ4n) is 4.00. The van der Waals surface area contributed by atoms with Crippen LogP contribution in [0.25, 0.3) is 0 Å². The maximum absolute atomic E-state index is 11.9. The Labute approximate surface area is 253 Å². The van der Waals surface area contributed by atoms with E-state index in [9.17, 15) is 19.2 Å². The van der Waals surface area contributed by atoms with E-state index in [2.05, 4.69) is 10.3 Å². The van der Waals surface area contributed by atoms with Crippen LogP contribution in [-0.2, 0) is 77.8 Å². The monoisotopic (exact) mass is 627 g/mol. The summed E-state index contributed by atoms with van der Waals surface area (Å²) >= 11 is 0. The molecule has 4 rings (SSSR count). The SMILES string of the molecule is CC(=O)OC[C@H]1O[C@H](OCc2cn(Cc3ccc[cH-]3)nn2)[C@@H](OC(C)=O)[C@@H](OC(C)=O)[C@@H]1OC(C)=O.[Fe+2].c1cc[cH-]c1. The van der Waals surface area contributed by atoms with Gasteiger partial charge in [-0.05, 0) is 0 Å². The molecule has 1 aliphatic rings. The first-order valence-electron chi connectivity index (χ1n) is 12.8. The summed E-state index contributed by atoms with van der Waals surface area (Å²) in [5.74, 6) is -2.76. The Bertz CT molecular complexity index is 1230. The number of rotatable bonds is 10. The molecule has 0 saturated carbocycles. The summed E-state index contributed by atoms with van der Waals surface area (Å²) < 4.78 is 34.5. The van der Waals surface area contributed by atoms with Crippen molar-refractivity contribution in [2.75, 3.05) is 6.61 Å². The molecular formula is C28H33FeN3O10. The van der Waals surface area contributed by atoms with Gasteiger partial charge in [-0.3, -0.25) is 19.2 Å². The van der Waals surface area contributed by atoms with Gasteiger partial charge in [-0.25, -0.2) is 28.9 Å². The van der Waals surface area contributed by atoms with E-state index in [0.29, 0.717) is 12.2 Å². The Morgan fingerprint density at radius 1 is 0.881 bits per heavy atom. The second kappa shape index (κ2) is 17.2. The molecular weight excluding hydrogens is 594 g/mol. The third-order valence-electron chi connectivity index (χ3n) is 5.56. The zero-order chi connectivity index (χ0) is 29.8. The summed E-state index contributed by atoms with van der Waals surface area (Å²) in [6.07, 6.45) is -4.55. The minimum Gasteiger partial charge on any atom is -0.463 e. The summed E-state index contributed by atoms with van der Waals surface area (Å²) in [4.78, 5) is 46.9. The number of esters is 4. The van der Waals surface area contributed by atoms with Gasteiger partial charge >= 0.3 is 40.9 Å². The van der Waals surface area contributed by atoms with Crippen LogP contribution < -0.4 is 0 Å². The van der Waals surface area contributed by atoms with E-state index in [0.717, 1.165) is 26.3 Å². The molecule has 2 heterocycles. The van der Waals surface area contributed by atoms with Crippen molar-refractivity contribution >= 4 is 23.9 Å². The predicted molar refractivity (Wildman–Crippen MR) is 140 cm³/mol. The van der Waals surface area contributed by atoms with E-state index in [1.807, 2.05) is 54.6 Å². The zero-order valence-corrected chi connectivity index (χ0v) is 24.7. The molecule has 0 amide bonds. The number of aromatic nitrogens is 3. The first kappa shape index (κ1) is 34.4. The van der Waals surface area contributed by atoms with Crippen molar-refractivity contribution in [3.05, 3.63) is 72.1 Å². The zero-order valence-electron chi connectivity index (χ0n) is 23.6. The molecule has 0 N–H and O–H groups in total. The standard InChI is InChI=1S/C23H28N3O10.C5H5.Fe/c1-13(27)31-12-19-20(33-14(2)28)21(34-15(3)29)22(35-16(4)30)23(36-19)32-11-18-10-26(25-24-18)9-17-7-5-6-8-17;1-2-4-5-3-1;/h5-8,10,19-23H,9,11-12H2,1-4H3;1-5H;/q2*-1;+2/t19-,20-,21+,22+,23+;;/m1../s1. The maximum Gasteiger partial charge on any atom is 2.00 e. The summed E-state index contributed by atoms with van der Waals surface area (Å²) in [5.41, 5.74) is 1.50. The first-order valence-corrected chi connectivity index (χ1v) is 12.8. The van der Waals surface area contributed by atoms with Gasteiger partial charge in [0.05, 0.1) is 12.8 Å². The second-order valence-electron chi connectivity index (χ2n) is 9.04. The molecule has 13 nitrogen and oxygen atoms in total. The van der Waals surface area contributed by atoms with E-state index in [4.69, 9.17) is 28.4 Å². The van der Waals surface area contributed by atoms with Gasteiger partial charge < -0.3 is 28.4 Å². The van der Waals surface area contributed by atoms with Crippen LogP contribution in [-0.4, -0.2) is 76.2 Å². The second-order valence-corrected chi connectivity index (χ2v) is 9.04. The van der Waals surface area contributed by atoms with Gasteiger partial charge in [0.25, 0.3) is 0 Å². The number of carbonyl (C=O) groups excluding carboxylic acids is 4. The average Bonchev–Trinajstić information content (AvgIpc) is 3.69. The van der Waals surface area contributed by atoms with Crippen molar-refractivity contribution in [3.8, 4) is 0 Å². The summed E-state index contributed by atoms with van der Waals surface area (Å²) in [7, 11) is 0. The van der Waals surface area contributed by atoms with Crippen molar-refractivity contribution in [2.24, 2.45) is 0 Å². The minimum absolute atomic E-state index is 0. The van der Waals surface area contributed by atoms with E-state index in [1.54, 1.807) is 10.9 Å². The Balaban J connectivity index is 0.000000927. The Morgan fingerprint density at radius 3 is 2.07 bits per heavy atom. The Morgan fingerprint density at radius 2 is 1.52 bits per heavy atom. The van der Waals surface area contributed by atoms with Crippen LogP contribution in [0.3, 0.4) is 0 Å². The molecule has 228 valence electrons.